The van der Waals surface area contributed by atoms with E-state index in [4.69, 9.17) is 9.47 Å². The third-order valence-electron chi connectivity index (χ3n) is 4.72. The normalized spacial score (nSPS) is 21.0. The highest BCUT2D eigenvalue weighted by atomic mass is 32.1. The van der Waals surface area contributed by atoms with E-state index < -0.39 is 0 Å². The van der Waals surface area contributed by atoms with Gasteiger partial charge in [0.25, 0.3) is 0 Å². The number of anilines is 1. The van der Waals surface area contributed by atoms with Crippen molar-refractivity contribution in [1.82, 2.24) is 10.3 Å². The lowest BCUT2D eigenvalue weighted by molar-refractivity contribution is 0.114. The highest BCUT2D eigenvalue weighted by molar-refractivity contribution is 7.12. The van der Waals surface area contributed by atoms with Gasteiger partial charge in [-0.2, -0.15) is 0 Å². The van der Waals surface area contributed by atoms with Crippen molar-refractivity contribution in [3.05, 3.63) is 45.8 Å². The molecule has 1 N–H and O–H groups in total. The molecule has 0 spiro atoms. The fourth-order valence-corrected chi connectivity index (χ4v) is 4.48. The molecule has 1 atom stereocenters. The van der Waals surface area contributed by atoms with Gasteiger partial charge in [-0.3, -0.25) is 0 Å². The summed E-state index contributed by atoms with van der Waals surface area (Å²) in [5, 5.41) is 3.57. The molecular weight excluding hydrogens is 334 g/mol. The molecule has 0 unspecified atom stereocenters. The summed E-state index contributed by atoms with van der Waals surface area (Å²) >= 11 is 1.87. The number of nitrogens with one attached hydrogen (secondary N) is 1. The number of ether oxygens (including phenoxy) is 2. The lowest BCUT2D eigenvalue weighted by atomic mass is 10.2. The van der Waals surface area contributed by atoms with Gasteiger partial charge in [-0.05, 0) is 31.0 Å². The second-order valence-electron chi connectivity index (χ2n) is 6.49. The molecule has 2 aromatic heterocycles. The zero-order valence-electron chi connectivity index (χ0n) is 14.4. The summed E-state index contributed by atoms with van der Waals surface area (Å²) in [6.07, 6.45) is 4.54. The summed E-state index contributed by atoms with van der Waals surface area (Å²) in [6, 6.07) is 8.63. The van der Waals surface area contributed by atoms with Gasteiger partial charge in [0.1, 0.15) is 5.82 Å². The molecule has 2 saturated heterocycles. The molecular formula is C19H25N3O2S. The maximum absolute atomic E-state index is 5.78. The third kappa shape index (κ3) is 4.20. The van der Waals surface area contributed by atoms with E-state index in [1.54, 1.807) is 0 Å². The first-order chi connectivity index (χ1) is 12.4. The van der Waals surface area contributed by atoms with Crippen molar-refractivity contribution in [2.45, 2.75) is 32.0 Å². The molecule has 2 aliphatic rings. The Kier molecular flexibility index (Phi) is 5.62. The van der Waals surface area contributed by atoms with Crippen molar-refractivity contribution in [3.8, 4) is 0 Å². The van der Waals surface area contributed by atoms with Crippen LogP contribution in [-0.2, 0) is 22.6 Å². The number of thiophene rings is 1. The molecule has 5 nitrogen and oxygen atoms in total. The zero-order valence-corrected chi connectivity index (χ0v) is 15.3. The predicted octanol–water partition coefficient (Wildman–Crippen LogP) is 3.12. The highest BCUT2D eigenvalue weighted by Gasteiger charge is 2.19. The number of aromatic nitrogens is 1. The molecule has 4 heterocycles. The first-order valence-electron chi connectivity index (χ1n) is 9.08. The molecule has 0 aromatic carbocycles. The Morgan fingerprint density at radius 2 is 2.08 bits per heavy atom. The van der Waals surface area contributed by atoms with E-state index in [0.717, 1.165) is 58.2 Å². The van der Waals surface area contributed by atoms with Crippen molar-refractivity contribution >= 4 is 17.2 Å². The molecule has 134 valence electrons. The Morgan fingerprint density at radius 3 is 2.92 bits per heavy atom. The molecule has 6 heteroatoms. The molecule has 0 aliphatic carbocycles. The van der Waals surface area contributed by atoms with E-state index in [1.165, 1.54) is 21.7 Å². The summed E-state index contributed by atoms with van der Waals surface area (Å²) < 4.78 is 11.2. The van der Waals surface area contributed by atoms with E-state index in [0.29, 0.717) is 6.10 Å². The number of nitrogens with zero attached hydrogens (tertiary/aromatic N) is 2. The van der Waals surface area contributed by atoms with E-state index in [1.807, 2.05) is 23.6 Å². The number of morpholine rings is 1. The van der Waals surface area contributed by atoms with E-state index in [9.17, 15) is 0 Å². The fourth-order valence-electron chi connectivity index (χ4n) is 3.41. The Balaban J connectivity index is 1.34. The van der Waals surface area contributed by atoms with Crippen LogP contribution in [0, 0.1) is 0 Å². The van der Waals surface area contributed by atoms with Crippen LogP contribution in [0.3, 0.4) is 0 Å². The molecule has 0 bridgehead atoms. The predicted molar refractivity (Wildman–Crippen MR) is 100 cm³/mol. The Hall–Kier alpha value is -1.47. The largest absolute Gasteiger partial charge is 0.378 e. The van der Waals surface area contributed by atoms with Gasteiger partial charge in [0.05, 0.1) is 19.3 Å². The first kappa shape index (κ1) is 17.0. The lowest BCUT2D eigenvalue weighted by Gasteiger charge is -2.29. The van der Waals surface area contributed by atoms with Crippen LogP contribution in [0.2, 0.25) is 0 Å². The van der Waals surface area contributed by atoms with E-state index in [2.05, 4.69) is 33.4 Å². The summed E-state index contributed by atoms with van der Waals surface area (Å²) in [5.41, 5.74) is 1.25. The maximum Gasteiger partial charge on any atom is 0.133 e. The molecule has 0 saturated carbocycles. The molecule has 2 aromatic rings. The van der Waals surface area contributed by atoms with E-state index in [-0.39, 0.29) is 0 Å². The standard InChI is InChI=1S/C19H25N3O2S/c1-3-15(19(21-7-1)22-8-11-23-12-9-22)13-20-14-16-5-6-18(25-16)17-4-2-10-24-17/h1,3,5-7,17,20H,2,4,8-14H2/t17-/m1/s1. The van der Waals surface area contributed by atoms with Crippen molar-refractivity contribution in [2.24, 2.45) is 0 Å². The lowest BCUT2D eigenvalue weighted by Crippen LogP contribution is -2.37. The fraction of sp³-hybridized carbons (Fsp3) is 0.526. The minimum atomic E-state index is 0.324. The maximum atomic E-state index is 5.78. The number of rotatable bonds is 6. The van der Waals surface area contributed by atoms with Gasteiger partial charge >= 0.3 is 0 Å². The molecule has 25 heavy (non-hydrogen) atoms. The zero-order chi connectivity index (χ0) is 16.9. The average molecular weight is 359 g/mol. The topological polar surface area (TPSA) is 46.6 Å². The summed E-state index contributed by atoms with van der Waals surface area (Å²) in [5.74, 6) is 1.09. The first-order valence-corrected chi connectivity index (χ1v) is 9.89. The van der Waals surface area contributed by atoms with Crippen molar-refractivity contribution in [1.29, 1.82) is 0 Å². The van der Waals surface area contributed by atoms with Gasteiger partial charge in [-0.25, -0.2) is 4.98 Å². The van der Waals surface area contributed by atoms with Crippen LogP contribution in [0.5, 0.6) is 0 Å². The summed E-state index contributed by atoms with van der Waals surface area (Å²) in [4.78, 5) is 9.65. The molecule has 0 radical (unpaired) electrons. The van der Waals surface area contributed by atoms with Crippen LogP contribution in [0.25, 0.3) is 0 Å². The Labute approximate surface area is 153 Å². The molecule has 2 fully saturated rings. The van der Waals surface area contributed by atoms with Gasteiger partial charge in [0.15, 0.2) is 0 Å². The van der Waals surface area contributed by atoms with Gasteiger partial charge in [-0.15, -0.1) is 11.3 Å². The smallest absolute Gasteiger partial charge is 0.133 e. The van der Waals surface area contributed by atoms with E-state index >= 15 is 0 Å². The highest BCUT2D eigenvalue weighted by Crippen LogP contribution is 2.33. The van der Waals surface area contributed by atoms with Crippen molar-refractivity contribution in [3.63, 3.8) is 0 Å². The van der Waals surface area contributed by atoms with Crippen LogP contribution < -0.4 is 10.2 Å². The monoisotopic (exact) mass is 359 g/mol. The van der Waals surface area contributed by atoms with Crippen LogP contribution >= 0.6 is 11.3 Å². The van der Waals surface area contributed by atoms with Gasteiger partial charge in [-0.1, -0.05) is 6.07 Å². The molecule has 2 aliphatic heterocycles. The van der Waals surface area contributed by atoms with Crippen LogP contribution in [0.1, 0.15) is 34.3 Å². The SMILES string of the molecule is c1cnc(N2CCOCC2)c(CNCc2ccc([C@H]3CCCO3)s2)c1. The number of hydrogen-bond acceptors (Lipinski definition) is 6. The average Bonchev–Trinajstić information content (AvgIpc) is 3.35. The Morgan fingerprint density at radius 1 is 1.16 bits per heavy atom. The molecule has 4 rings (SSSR count). The van der Waals surface area contributed by atoms with Crippen molar-refractivity contribution < 1.29 is 9.47 Å². The van der Waals surface area contributed by atoms with Crippen LogP contribution in [0.15, 0.2) is 30.5 Å². The quantitative estimate of drug-likeness (QED) is 0.859. The van der Waals surface area contributed by atoms with Gasteiger partial charge in [0.2, 0.25) is 0 Å². The minimum absolute atomic E-state index is 0.324. The minimum Gasteiger partial charge on any atom is -0.378 e. The van der Waals surface area contributed by atoms with Crippen LogP contribution in [0.4, 0.5) is 5.82 Å². The second-order valence-corrected chi connectivity index (χ2v) is 7.69. The Bertz CT molecular complexity index is 679. The summed E-state index contributed by atoms with van der Waals surface area (Å²) in [7, 11) is 0. The number of hydrogen-bond donors (Lipinski definition) is 1. The van der Waals surface area contributed by atoms with Gasteiger partial charge < -0.3 is 19.7 Å². The summed E-state index contributed by atoms with van der Waals surface area (Å²) in [6.45, 7) is 6.01. The number of pyridine rings is 1. The van der Waals surface area contributed by atoms with Gasteiger partial charge in [0, 0.05) is 54.3 Å². The molecule has 0 amide bonds. The van der Waals surface area contributed by atoms with Crippen LogP contribution in [-0.4, -0.2) is 37.9 Å². The third-order valence-corrected chi connectivity index (χ3v) is 5.90. The van der Waals surface area contributed by atoms with Crippen molar-refractivity contribution in [2.75, 3.05) is 37.8 Å². The second kappa shape index (κ2) is 8.27.